The molecule has 0 bridgehead atoms. The molecule has 0 saturated heterocycles. The number of fused-ring (bicyclic) bond motifs is 1. The fourth-order valence-electron chi connectivity index (χ4n) is 4.50. The number of amides is 1. The van der Waals surface area contributed by atoms with E-state index in [1.165, 1.54) is 30.5 Å². The summed E-state index contributed by atoms with van der Waals surface area (Å²) in [4.78, 5) is 19.6. The van der Waals surface area contributed by atoms with Gasteiger partial charge in [0.25, 0.3) is 5.91 Å². The minimum absolute atomic E-state index is 0.0162. The van der Waals surface area contributed by atoms with E-state index in [1.54, 1.807) is 25.1 Å². The van der Waals surface area contributed by atoms with E-state index < -0.39 is 21.6 Å². The fraction of sp³-hybridized carbons (Fsp3) is 0.333. The van der Waals surface area contributed by atoms with Crippen LogP contribution in [0.15, 0.2) is 65.7 Å². The Labute approximate surface area is 214 Å². The number of hydrogen-bond acceptors (Lipinski definition) is 5. The molecule has 0 unspecified atom stereocenters. The molecule has 37 heavy (non-hydrogen) atoms. The van der Waals surface area contributed by atoms with Crippen LogP contribution in [-0.4, -0.2) is 25.1 Å². The molecule has 2 aromatic carbocycles. The Bertz CT molecular complexity index is 1390. The number of alkyl halides is 3. The molecule has 1 N–H and O–H groups in total. The highest BCUT2D eigenvalue weighted by Gasteiger charge is 2.35. The zero-order chi connectivity index (χ0) is 27.0. The summed E-state index contributed by atoms with van der Waals surface area (Å²) in [6.07, 6.45) is -2.89. The number of benzene rings is 2. The number of sulfone groups is 1. The lowest BCUT2D eigenvalue weighted by Crippen LogP contribution is -2.26. The van der Waals surface area contributed by atoms with E-state index in [0.29, 0.717) is 17.8 Å². The average molecular weight is 532 g/mol. The Balaban J connectivity index is 1.49. The quantitative estimate of drug-likeness (QED) is 0.433. The molecule has 4 rings (SSSR count). The summed E-state index contributed by atoms with van der Waals surface area (Å²) < 4.78 is 62.9. The van der Waals surface area contributed by atoms with Gasteiger partial charge in [-0.3, -0.25) is 9.78 Å². The molecule has 1 atom stereocenters. The lowest BCUT2D eigenvalue weighted by Gasteiger charge is -2.30. The Kier molecular flexibility index (Phi) is 7.32. The Morgan fingerprint density at radius 3 is 2.32 bits per heavy atom. The third-order valence-electron chi connectivity index (χ3n) is 6.49. The van der Waals surface area contributed by atoms with Crippen molar-refractivity contribution in [3.8, 4) is 0 Å². The van der Waals surface area contributed by atoms with E-state index in [2.05, 4.69) is 10.3 Å². The first-order valence-corrected chi connectivity index (χ1v) is 13.6. The number of aromatic nitrogens is 1. The highest BCUT2D eigenvalue weighted by Crippen LogP contribution is 2.41. The highest BCUT2D eigenvalue weighted by atomic mass is 32.2. The van der Waals surface area contributed by atoms with Gasteiger partial charge >= 0.3 is 6.18 Å². The molecule has 1 aliphatic rings. The van der Waals surface area contributed by atoms with Crippen LogP contribution in [-0.2, 0) is 29.1 Å². The zero-order valence-corrected chi connectivity index (χ0v) is 21.5. The Morgan fingerprint density at radius 1 is 1.11 bits per heavy atom. The van der Waals surface area contributed by atoms with Crippen LogP contribution >= 0.6 is 0 Å². The molecule has 0 aliphatic carbocycles. The summed E-state index contributed by atoms with van der Waals surface area (Å²) in [6, 6.07) is 13.1. The fourth-order valence-corrected chi connectivity index (χ4v) is 5.39. The minimum Gasteiger partial charge on any atom is -0.358 e. The molecule has 10 heteroatoms. The molecule has 3 aromatic rings. The number of rotatable bonds is 7. The first kappa shape index (κ1) is 26.7. The van der Waals surface area contributed by atoms with Gasteiger partial charge in [0.05, 0.1) is 33.5 Å². The van der Waals surface area contributed by atoms with Gasteiger partial charge in [-0.25, -0.2) is 8.42 Å². The van der Waals surface area contributed by atoms with Crippen LogP contribution in [0.4, 0.5) is 18.9 Å². The molecular weight excluding hydrogens is 503 g/mol. The van der Waals surface area contributed by atoms with Crippen molar-refractivity contribution in [3.05, 3.63) is 88.7 Å². The molecule has 1 amide bonds. The Morgan fingerprint density at radius 2 is 1.76 bits per heavy atom. The van der Waals surface area contributed by atoms with Crippen LogP contribution in [0.3, 0.4) is 0 Å². The van der Waals surface area contributed by atoms with Crippen LogP contribution in [0.5, 0.6) is 0 Å². The van der Waals surface area contributed by atoms with Crippen LogP contribution in [0, 0.1) is 5.92 Å². The van der Waals surface area contributed by atoms with Gasteiger partial charge in [-0.05, 0) is 59.5 Å². The van der Waals surface area contributed by atoms with Gasteiger partial charge in [0, 0.05) is 25.0 Å². The van der Waals surface area contributed by atoms with E-state index in [9.17, 15) is 26.4 Å². The lowest BCUT2D eigenvalue weighted by atomic mass is 9.99. The van der Waals surface area contributed by atoms with Crippen molar-refractivity contribution in [3.63, 3.8) is 0 Å². The number of carbonyl (C=O) groups is 1. The van der Waals surface area contributed by atoms with Gasteiger partial charge in [-0.1, -0.05) is 32.9 Å². The average Bonchev–Trinajstić information content (AvgIpc) is 3.26. The van der Waals surface area contributed by atoms with Gasteiger partial charge in [0.2, 0.25) is 0 Å². The van der Waals surface area contributed by atoms with Gasteiger partial charge < -0.3 is 10.2 Å². The predicted molar refractivity (Wildman–Crippen MR) is 135 cm³/mol. The van der Waals surface area contributed by atoms with Gasteiger partial charge in [-0.15, -0.1) is 0 Å². The van der Waals surface area contributed by atoms with Crippen LogP contribution in [0.25, 0.3) is 0 Å². The normalized spacial score (nSPS) is 15.6. The highest BCUT2D eigenvalue weighted by molar-refractivity contribution is 7.91. The number of carbonyl (C=O) groups excluding carboxylic acids is 1. The SMILES string of the molecule is CCS(=O)(=O)c1ccc(CNC(=O)c2cnc3c(c2)CN(c2ccc(C(F)(F)F)cc2)[C@H]3C(C)C)cc1. The standard InChI is InChI=1S/C27H28F3N3O3S/c1-4-37(35,36)23-11-5-18(6-12-23)14-32-26(34)19-13-20-16-33(25(17(2)3)24(20)31-15-19)22-9-7-21(8-10-22)27(28,29)30/h5-13,15,17,25H,4,14,16H2,1-3H3,(H,32,34)/t25-/m0/s1. The number of hydrogen-bond donors (Lipinski definition) is 1. The third-order valence-corrected chi connectivity index (χ3v) is 8.24. The molecule has 2 heterocycles. The maximum absolute atomic E-state index is 13.0. The molecule has 1 aromatic heterocycles. The van der Waals surface area contributed by atoms with E-state index in [0.717, 1.165) is 29.0 Å². The topological polar surface area (TPSA) is 79.4 Å². The summed E-state index contributed by atoms with van der Waals surface area (Å²) in [5.74, 6) is -0.174. The molecule has 0 fully saturated rings. The van der Waals surface area contributed by atoms with Gasteiger partial charge in [-0.2, -0.15) is 13.2 Å². The third kappa shape index (κ3) is 5.64. The minimum atomic E-state index is -4.40. The summed E-state index contributed by atoms with van der Waals surface area (Å²) >= 11 is 0. The monoisotopic (exact) mass is 531 g/mol. The lowest BCUT2D eigenvalue weighted by molar-refractivity contribution is -0.137. The van der Waals surface area contributed by atoms with Gasteiger partial charge in [0.15, 0.2) is 9.84 Å². The summed E-state index contributed by atoms with van der Waals surface area (Å²) in [6.45, 7) is 6.27. The summed E-state index contributed by atoms with van der Waals surface area (Å²) in [5, 5.41) is 2.83. The van der Waals surface area contributed by atoms with Gasteiger partial charge in [0.1, 0.15) is 0 Å². The second kappa shape index (κ2) is 10.2. The van der Waals surface area contributed by atoms with E-state index in [4.69, 9.17) is 0 Å². The molecule has 0 spiro atoms. The number of nitrogens with one attached hydrogen (secondary N) is 1. The maximum atomic E-state index is 13.0. The number of nitrogens with zero attached hydrogens (tertiary/aromatic N) is 2. The molecule has 1 aliphatic heterocycles. The van der Waals surface area contributed by atoms with Crippen LogP contribution < -0.4 is 10.2 Å². The first-order valence-electron chi connectivity index (χ1n) is 11.9. The molecule has 6 nitrogen and oxygen atoms in total. The molecule has 0 radical (unpaired) electrons. The number of anilines is 1. The largest absolute Gasteiger partial charge is 0.416 e. The second-order valence-corrected chi connectivity index (χ2v) is 11.6. The van der Waals surface area contributed by atoms with E-state index in [-0.39, 0.29) is 35.1 Å². The maximum Gasteiger partial charge on any atom is 0.416 e. The second-order valence-electron chi connectivity index (χ2n) is 9.36. The van der Waals surface area contributed by atoms with E-state index >= 15 is 0 Å². The van der Waals surface area contributed by atoms with Crippen molar-refractivity contribution < 1.29 is 26.4 Å². The first-order chi connectivity index (χ1) is 17.4. The van der Waals surface area contributed by atoms with Crippen molar-refractivity contribution in [2.45, 2.75) is 51.0 Å². The van der Waals surface area contributed by atoms with Crippen molar-refractivity contribution in [1.82, 2.24) is 10.3 Å². The predicted octanol–water partition coefficient (Wildman–Crippen LogP) is 5.54. The van der Waals surface area contributed by atoms with Crippen molar-refractivity contribution in [2.75, 3.05) is 10.7 Å². The smallest absolute Gasteiger partial charge is 0.358 e. The molecule has 0 saturated carbocycles. The van der Waals surface area contributed by atoms with Crippen molar-refractivity contribution >= 4 is 21.4 Å². The molecular formula is C27H28F3N3O3S. The van der Waals surface area contributed by atoms with Crippen molar-refractivity contribution in [2.24, 2.45) is 5.92 Å². The van der Waals surface area contributed by atoms with Crippen molar-refractivity contribution in [1.29, 1.82) is 0 Å². The number of halogens is 3. The van der Waals surface area contributed by atoms with Crippen LogP contribution in [0.1, 0.15) is 59.6 Å². The molecule has 196 valence electrons. The Hall–Kier alpha value is -3.40. The summed E-state index contributed by atoms with van der Waals surface area (Å²) in [5.41, 5.74) is 2.74. The number of pyridine rings is 1. The zero-order valence-electron chi connectivity index (χ0n) is 20.7. The summed E-state index contributed by atoms with van der Waals surface area (Å²) in [7, 11) is -3.29. The van der Waals surface area contributed by atoms with E-state index in [1.807, 2.05) is 18.7 Å². The van der Waals surface area contributed by atoms with Crippen LogP contribution in [0.2, 0.25) is 0 Å².